The Kier molecular flexibility index (Phi) is 3.61. The summed E-state index contributed by atoms with van der Waals surface area (Å²) in [5.41, 5.74) is 9.99. The summed E-state index contributed by atoms with van der Waals surface area (Å²) in [6.45, 7) is 2.41. The Labute approximate surface area is 109 Å². The molecule has 2 rings (SSSR count). The van der Waals surface area contributed by atoms with Crippen molar-refractivity contribution in [2.45, 2.75) is 19.9 Å². The molecular weight excluding hydrogens is 250 g/mol. The van der Waals surface area contributed by atoms with Crippen molar-refractivity contribution in [3.05, 3.63) is 28.0 Å². The van der Waals surface area contributed by atoms with Crippen molar-refractivity contribution in [1.82, 2.24) is 20.1 Å². The summed E-state index contributed by atoms with van der Waals surface area (Å²) in [6.07, 6.45) is 0.724. The molecule has 0 spiro atoms. The lowest BCUT2D eigenvalue weighted by Crippen LogP contribution is -2.27. The maximum Gasteiger partial charge on any atom is 0.276 e. The Hall–Kier alpha value is -1.89. The number of hydrogen-bond donors (Lipinski definition) is 2. The van der Waals surface area contributed by atoms with Gasteiger partial charge < -0.3 is 10.6 Å². The van der Waals surface area contributed by atoms with Crippen molar-refractivity contribution in [1.29, 1.82) is 0 Å². The minimum atomic E-state index is -0.198. The van der Waals surface area contributed by atoms with Crippen LogP contribution >= 0.6 is 11.3 Å². The SMILES string of the molecule is CCc1[nH]nc(C(=O)N(C)Cc2cscn2)c1N. The molecule has 0 bridgehead atoms. The van der Waals surface area contributed by atoms with Crippen LogP contribution in [0.3, 0.4) is 0 Å². The van der Waals surface area contributed by atoms with Gasteiger partial charge in [-0.3, -0.25) is 9.89 Å². The van der Waals surface area contributed by atoms with E-state index in [0.29, 0.717) is 12.2 Å². The summed E-state index contributed by atoms with van der Waals surface area (Å²) >= 11 is 1.50. The van der Waals surface area contributed by atoms with Crippen molar-refractivity contribution < 1.29 is 4.79 Å². The standard InChI is InChI=1S/C11H15N5OS/c1-3-8-9(12)10(15-14-8)11(17)16(2)4-7-5-18-6-13-7/h5-6H,3-4,12H2,1-2H3,(H,14,15). The molecule has 0 atom stereocenters. The first-order valence-corrected chi connectivity index (χ1v) is 6.53. The van der Waals surface area contributed by atoms with Gasteiger partial charge in [-0.15, -0.1) is 11.3 Å². The van der Waals surface area contributed by atoms with Gasteiger partial charge in [0.05, 0.1) is 29.1 Å². The van der Waals surface area contributed by atoms with Crippen LogP contribution in [0, 0.1) is 0 Å². The number of anilines is 1. The number of aromatic amines is 1. The molecule has 1 amide bonds. The van der Waals surface area contributed by atoms with Gasteiger partial charge in [0, 0.05) is 12.4 Å². The fourth-order valence-electron chi connectivity index (χ4n) is 1.63. The molecule has 6 nitrogen and oxygen atoms in total. The van der Waals surface area contributed by atoms with E-state index >= 15 is 0 Å². The number of nitrogens with zero attached hydrogens (tertiary/aromatic N) is 3. The summed E-state index contributed by atoms with van der Waals surface area (Å²) in [6, 6.07) is 0. The fourth-order valence-corrected chi connectivity index (χ4v) is 2.18. The minimum Gasteiger partial charge on any atom is -0.395 e. The van der Waals surface area contributed by atoms with Crippen LogP contribution in [0.2, 0.25) is 0 Å². The molecule has 7 heteroatoms. The molecule has 0 saturated carbocycles. The zero-order valence-electron chi connectivity index (χ0n) is 10.3. The van der Waals surface area contributed by atoms with Gasteiger partial charge in [-0.25, -0.2) is 4.98 Å². The van der Waals surface area contributed by atoms with Gasteiger partial charge in [-0.2, -0.15) is 5.10 Å². The normalized spacial score (nSPS) is 10.6. The average molecular weight is 265 g/mol. The van der Waals surface area contributed by atoms with E-state index in [1.54, 1.807) is 17.5 Å². The molecular formula is C11H15N5OS. The molecule has 0 fully saturated rings. The van der Waals surface area contributed by atoms with Crippen molar-refractivity contribution in [2.75, 3.05) is 12.8 Å². The minimum absolute atomic E-state index is 0.198. The lowest BCUT2D eigenvalue weighted by molar-refractivity contribution is 0.0779. The zero-order valence-corrected chi connectivity index (χ0v) is 11.1. The van der Waals surface area contributed by atoms with Gasteiger partial charge in [-0.05, 0) is 6.42 Å². The molecule has 0 aromatic carbocycles. The van der Waals surface area contributed by atoms with Crippen molar-refractivity contribution in [3.63, 3.8) is 0 Å². The average Bonchev–Trinajstić information content (AvgIpc) is 2.97. The van der Waals surface area contributed by atoms with E-state index in [-0.39, 0.29) is 11.6 Å². The molecule has 2 aromatic heterocycles. The van der Waals surface area contributed by atoms with Crippen LogP contribution in [0.15, 0.2) is 10.9 Å². The molecule has 0 saturated heterocycles. The Balaban J connectivity index is 2.13. The Morgan fingerprint density at radius 1 is 1.61 bits per heavy atom. The lowest BCUT2D eigenvalue weighted by Gasteiger charge is -2.14. The second kappa shape index (κ2) is 5.18. The number of aryl methyl sites for hydroxylation is 1. The number of nitrogen functional groups attached to an aromatic ring is 1. The summed E-state index contributed by atoms with van der Waals surface area (Å²) in [4.78, 5) is 17.9. The predicted octanol–water partition coefficient (Wildman–Crippen LogP) is 1.28. The van der Waals surface area contributed by atoms with E-state index in [2.05, 4.69) is 15.2 Å². The number of carbonyl (C=O) groups is 1. The molecule has 0 aliphatic heterocycles. The van der Waals surface area contributed by atoms with Crippen molar-refractivity contribution >= 4 is 22.9 Å². The topological polar surface area (TPSA) is 87.9 Å². The highest BCUT2D eigenvalue weighted by Crippen LogP contribution is 2.16. The van der Waals surface area contributed by atoms with Crippen LogP contribution in [0.1, 0.15) is 28.8 Å². The van der Waals surface area contributed by atoms with Crippen molar-refractivity contribution in [2.24, 2.45) is 0 Å². The van der Waals surface area contributed by atoms with E-state index < -0.39 is 0 Å². The molecule has 0 radical (unpaired) electrons. The van der Waals surface area contributed by atoms with Crippen LogP contribution in [-0.2, 0) is 13.0 Å². The van der Waals surface area contributed by atoms with Crippen LogP contribution in [0.5, 0.6) is 0 Å². The fraction of sp³-hybridized carbons (Fsp3) is 0.364. The third-order valence-electron chi connectivity index (χ3n) is 2.67. The third kappa shape index (κ3) is 2.35. The summed E-state index contributed by atoms with van der Waals surface area (Å²) < 4.78 is 0. The highest BCUT2D eigenvalue weighted by Gasteiger charge is 2.20. The summed E-state index contributed by atoms with van der Waals surface area (Å²) in [5, 5.41) is 8.67. The molecule has 0 unspecified atom stereocenters. The van der Waals surface area contributed by atoms with E-state index in [1.165, 1.54) is 11.3 Å². The van der Waals surface area contributed by atoms with Crippen LogP contribution in [0.25, 0.3) is 0 Å². The Bertz CT molecular complexity index is 534. The van der Waals surface area contributed by atoms with E-state index in [0.717, 1.165) is 17.8 Å². The van der Waals surface area contributed by atoms with Gasteiger partial charge in [0.25, 0.3) is 5.91 Å². The van der Waals surface area contributed by atoms with Gasteiger partial charge in [0.15, 0.2) is 5.69 Å². The smallest absolute Gasteiger partial charge is 0.276 e. The van der Waals surface area contributed by atoms with Gasteiger partial charge in [-0.1, -0.05) is 6.92 Å². The first-order chi connectivity index (χ1) is 8.63. The number of H-pyrrole nitrogens is 1. The maximum absolute atomic E-state index is 12.2. The highest BCUT2D eigenvalue weighted by atomic mass is 32.1. The summed E-state index contributed by atoms with van der Waals surface area (Å²) in [5.74, 6) is -0.198. The van der Waals surface area contributed by atoms with Gasteiger partial charge >= 0.3 is 0 Å². The predicted molar refractivity (Wildman–Crippen MR) is 70.3 cm³/mol. The largest absolute Gasteiger partial charge is 0.395 e. The van der Waals surface area contributed by atoms with Crippen molar-refractivity contribution in [3.8, 4) is 0 Å². The van der Waals surface area contributed by atoms with Crippen LogP contribution in [-0.4, -0.2) is 33.0 Å². The van der Waals surface area contributed by atoms with E-state index in [4.69, 9.17) is 5.73 Å². The molecule has 0 aliphatic rings. The van der Waals surface area contributed by atoms with E-state index in [1.807, 2.05) is 12.3 Å². The maximum atomic E-state index is 12.2. The van der Waals surface area contributed by atoms with Crippen LogP contribution in [0.4, 0.5) is 5.69 Å². The molecule has 3 N–H and O–H groups in total. The lowest BCUT2D eigenvalue weighted by atomic mass is 10.2. The molecule has 2 aromatic rings. The highest BCUT2D eigenvalue weighted by molar-refractivity contribution is 7.07. The molecule has 0 aliphatic carbocycles. The first-order valence-electron chi connectivity index (χ1n) is 5.58. The Morgan fingerprint density at radius 2 is 2.39 bits per heavy atom. The molecule has 2 heterocycles. The number of thiazole rings is 1. The second-order valence-electron chi connectivity index (χ2n) is 3.96. The van der Waals surface area contributed by atoms with E-state index in [9.17, 15) is 4.79 Å². The number of amides is 1. The van der Waals surface area contributed by atoms with Gasteiger partial charge in [0.1, 0.15) is 0 Å². The number of hydrogen-bond acceptors (Lipinski definition) is 5. The number of aromatic nitrogens is 3. The van der Waals surface area contributed by atoms with Crippen LogP contribution < -0.4 is 5.73 Å². The quantitative estimate of drug-likeness (QED) is 0.871. The number of rotatable bonds is 4. The monoisotopic (exact) mass is 265 g/mol. The Morgan fingerprint density at radius 3 is 2.94 bits per heavy atom. The zero-order chi connectivity index (χ0) is 13.1. The van der Waals surface area contributed by atoms with Gasteiger partial charge in [0.2, 0.25) is 0 Å². The molecule has 96 valence electrons. The second-order valence-corrected chi connectivity index (χ2v) is 4.68. The number of nitrogens with two attached hydrogens (primary N) is 1. The number of carbonyl (C=O) groups excluding carboxylic acids is 1. The first kappa shape index (κ1) is 12.6. The number of nitrogens with one attached hydrogen (secondary N) is 1. The molecule has 18 heavy (non-hydrogen) atoms. The summed E-state index contributed by atoms with van der Waals surface area (Å²) in [7, 11) is 1.71. The third-order valence-corrected chi connectivity index (χ3v) is 3.30.